The molecule has 192 valence electrons. The van der Waals surface area contributed by atoms with E-state index in [0.29, 0.717) is 6.61 Å². The summed E-state index contributed by atoms with van der Waals surface area (Å²) in [7, 11) is 0. The number of hydrogen-bond acceptors (Lipinski definition) is 6. The third-order valence-corrected chi connectivity index (χ3v) is 4.63. The molecule has 8 nitrogen and oxygen atoms in total. The van der Waals surface area contributed by atoms with E-state index in [-0.39, 0.29) is 0 Å². The second-order valence-corrected chi connectivity index (χ2v) is 7.15. The third-order valence-electron chi connectivity index (χ3n) is 4.63. The van der Waals surface area contributed by atoms with Gasteiger partial charge in [-0.1, -0.05) is 18.2 Å². The fraction of sp³-hybridized carbons (Fsp3) is 0.381. The predicted octanol–water partition coefficient (Wildman–Crippen LogP) is 3.91. The van der Waals surface area contributed by atoms with E-state index in [4.69, 9.17) is 29.5 Å². The first kappa shape index (κ1) is 27.7. The van der Waals surface area contributed by atoms with Crippen molar-refractivity contribution in [2.24, 2.45) is 0 Å². The minimum absolute atomic E-state index is 0.681. The van der Waals surface area contributed by atoms with Crippen LogP contribution in [0.25, 0.3) is 0 Å². The number of aliphatic carboxylic acids is 2. The van der Waals surface area contributed by atoms with Crippen LogP contribution in [0.3, 0.4) is 0 Å². The molecule has 0 spiro atoms. The topological polar surface area (TPSA) is 112 Å². The Bertz CT molecular complexity index is 1010. The summed E-state index contributed by atoms with van der Waals surface area (Å²) in [5.41, 5.74) is 3.83. The van der Waals surface area contributed by atoms with Crippen molar-refractivity contribution < 1.29 is 50.9 Å². The Balaban J connectivity index is 0.000000257. The Morgan fingerprint density at radius 1 is 0.943 bits per heavy atom. The number of benzene rings is 1. The Labute approximate surface area is 195 Å². The van der Waals surface area contributed by atoms with Crippen LogP contribution in [0.5, 0.6) is 5.88 Å². The van der Waals surface area contributed by atoms with Crippen LogP contribution in [0.15, 0.2) is 36.4 Å². The van der Waals surface area contributed by atoms with Crippen LogP contribution in [-0.4, -0.2) is 59.2 Å². The molecule has 0 unspecified atom stereocenters. The van der Waals surface area contributed by atoms with E-state index >= 15 is 0 Å². The molecule has 0 atom stereocenters. The summed E-state index contributed by atoms with van der Waals surface area (Å²) in [5.74, 6) is -3.75. The lowest BCUT2D eigenvalue weighted by molar-refractivity contribution is -0.193. The number of nitrogens with one attached hydrogen (secondary N) is 1. The third kappa shape index (κ3) is 8.31. The van der Waals surface area contributed by atoms with Crippen molar-refractivity contribution in [2.75, 3.05) is 24.6 Å². The molecular formula is C21H21F6N3O5. The summed E-state index contributed by atoms with van der Waals surface area (Å²) in [5, 5.41) is 17.6. The van der Waals surface area contributed by atoms with Gasteiger partial charge in [-0.15, -0.1) is 0 Å². The summed E-state index contributed by atoms with van der Waals surface area (Å²) in [6, 6.07) is 12.8. The number of anilines is 2. The van der Waals surface area contributed by atoms with Gasteiger partial charge in [-0.05, 0) is 36.6 Å². The summed E-state index contributed by atoms with van der Waals surface area (Å²) < 4.78 is 69.2. The summed E-state index contributed by atoms with van der Waals surface area (Å²) in [6.07, 6.45) is -7.85. The lowest BCUT2D eigenvalue weighted by Gasteiger charge is -2.30. The largest absolute Gasteiger partial charge is 0.490 e. The van der Waals surface area contributed by atoms with Gasteiger partial charge in [-0.2, -0.15) is 31.3 Å². The number of pyridine rings is 1. The molecule has 4 rings (SSSR count). The van der Waals surface area contributed by atoms with Gasteiger partial charge in [0.25, 0.3) is 0 Å². The van der Waals surface area contributed by atoms with Crippen LogP contribution < -0.4 is 15.0 Å². The molecule has 2 aromatic rings. The number of carbonyl (C=O) groups is 2. The molecule has 0 fully saturated rings. The van der Waals surface area contributed by atoms with Crippen molar-refractivity contribution >= 4 is 23.4 Å². The maximum absolute atomic E-state index is 10.6. The molecule has 2 aliphatic rings. The number of rotatable bonds is 1. The normalized spacial score (nSPS) is 15.0. The standard InChI is InChI=1S/C17H19N3O.2C2HF3O2/c1-2-6-15-13(4-1)5-3-10-20(15)16-8-7-14-12-18-9-11-21-17(14)19-16;2*3-2(4,5)1(6)7/h1-2,4,6-8,18H,3,5,9-12H2;2*(H,6,7). The van der Waals surface area contributed by atoms with Crippen LogP contribution in [0.4, 0.5) is 37.8 Å². The predicted molar refractivity (Wildman–Crippen MR) is 111 cm³/mol. The number of carboxylic acids is 2. The van der Waals surface area contributed by atoms with E-state index in [1.165, 1.54) is 11.3 Å². The van der Waals surface area contributed by atoms with Gasteiger partial charge in [0.05, 0.1) is 0 Å². The highest BCUT2D eigenvalue weighted by atomic mass is 19.4. The van der Waals surface area contributed by atoms with E-state index in [9.17, 15) is 26.3 Å². The van der Waals surface area contributed by atoms with E-state index < -0.39 is 24.3 Å². The van der Waals surface area contributed by atoms with Crippen molar-refractivity contribution in [1.29, 1.82) is 0 Å². The zero-order valence-electron chi connectivity index (χ0n) is 18.0. The van der Waals surface area contributed by atoms with Crippen molar-refractivity contribution in [1.82, 2.24) is 10.3 Å². The molecule has 3 heterocycles. The Morgan fingerprint density at radius 2 is 1.54 bits per heavy atom. The second kappa shape index (κ2) is 11.7. The van der Waals surface area contributed by atoms with Gasteiger partial charge in [0.1, 0.15) is 12.4 Å². The average molecular weight is 509 g/mol. The molecule has 3 N–H and O–H groups in total. The number of halogens is 6. The summed E-state index contributed by atoms with van der Waals surface area (Å²) in [4.78, 5) is 24.9. The van der Waals surface area contributed by atoms with Crippen molar-refractivity contribution in [3.8, 4) is 5.88 Å². The molecule has 0 amide bonds. The first-order valence-corrected chi connectivity index (χ1v) is 10.1. The van der Waals surface area contributed by atoms with Crippen LogP contribution in [0.2, 0.25) is 0 Å². The van der Waals surface area contributed by atoms with Gasteiger partial charge in [-0.25, -0.2) is 9.59 Å². The lowest BCUT2D eigenvalue weighted by atomic mass is 10.0. The molecule has 0 saturated carbocycles. The number of ether oxygens (including phenoxy) is 1. The number of carboxylic acid groups (broad SMARTS) is 2. The quantitative estimate of drug-likeness (QED) is 0.497. The SMILES string of the molecule is O=C(O)C(F)(F)F.O=C(O)C(F)(F)F.c1ccc2c(c1)CCCN2c1ccc2c(n1)OCCNC2. The zero-order valence-corrected chi connectivity index (χ0v) is 18.0. The smallest absolute Gasteiger partial charge is 0.476 e. The van der Waals surface area contributed by atoms with Crippen molar-refractivity contribution in [3.63, 3.8) is 0 Å². The molecule has 2 aliphatic heterocycles. The van der Waals surface area contributed by atoms with Crippen LogP contribution in [-0.2, 0) is 22.6 Å². The van der Waals surface area contributed by atoms with E-state index in [1.807, 2.05) is 0 Å². The fourth-order valence-electron chi connectivity index (χ4n) is 3.08. The van der Waals surface area contributed by atoms with Crippen molar-refractivity contribution in [3.05, 3.63) is 47.5 Å². The van der Waals surface area contributed by atoms with Gasteiger partial charge in [0.2, 0.25) is 5.88 Å². The first-order valence-electron chi connectivity index (χ1n) is 10.1. The number of aryl methyl sites for hydroxylation is 1. The number of fused-ring (bicyclic) bond motifs is 2. The number of aromatic nitrogens is 1. The van der Waals surface area contributed by atoms with Gasteiger partial charge in [0.15, 0.2) is 0 Å². The molecule has 0 radical (unpaired) electrons. The molecular weight excluding hydrogens is 488 g/mol. The van der Waals surface area contributed by atoms with Gasteiger partial charge in [0, 0.05) is 30.9 Å². The maximum atomic E-state index is 10.6. The molecule has 0 aliphatic carbocycles. The Hall–Kier alpha value is -3.55. The number of para-hydroxylation sites is 1. The highest BCUT2D eigenvalue weighted by Gasteiger charge is 2.38. The van der Waals surface area contributed by atoms with E-state index in [1.54, 1.807) is 0 Å². The second-order valence-electron chi connectivity index (χ2n) is 7.15. The minimum Gasteiger partial charge on any atom is -0.476 e. The fourth-order valence-corrected chi connectivity index (χ4v) is 3.08. The van der Waals surface area contributed by atoms with Gasteiger partial charge >= 0.3 is 24.3 Å². The van der Waals surface area contributed by atoms with Crippen LogP contribution >= 0.6 is 0 Å². The molecule has 0 bridgehead atoms. The molecule has 0 saturated heterocycles. The maximum Gasteiger partial charge on any atom is 0.490 e. The van der Waals surface area contributed by atoms with Gasteiger partial charge in [-0.3, -0.25) is 0 Å². The Kier molecular flexibility index (Phi) is 9.28. The van der Waals surface area contributed by atoms with Crippen LogP contribution in [0, 0.1) is 0 Å². The summed E-state index contributed by atoms with van der Waals surface area (Å²) >= 11 is 0. The zero-order chi connectivity index (χ0) is 26.2. The van der Waals surface area contributed by atoms with Crippen LogP contribution in [0.1, 0.15) is 17.5 Å². The number of alkyl halides is 6. The van der Waals surface area contributed by atoms with E-state index in [0.717, 1.165) is 49.7 Å². The monoisotopic (exact) mass is 509 g/mol. The molecule has 14 heteroatoms. The average Bonchev–Trinajstić information content (AvgIpc) is 3.03. The van der Waals surface area contributed by atoms with E-state index in [2.05, 4.69) is 46.6 Å². The first-order chi connectivity index (χ1) is 16.3. The summed E-state index contributed by atoms with van der Waals surface area (Å²) in [6.45, 7) is 3.40. The van der Waals surface area contributed by atoms with Gasteiger partial charge < -0.3 is 25.2 Å². The molecule has 1 aromatic carbocycles. The Morgan fingerprint density at radius 3 is 2.14 bits per heavy atom. The highest BCUT2D eigenvalue weighted by Crippen LogP contribution is 2.33. The minimum atomic E-state index is -5.08. The lowest BCUT2D eigenvalue weighted by Crippen LogP contribution is -2.25. The number of hydrogen-bond donors (Lipinski definition) is 3. The number of nitrogens with zero attached hydrogens (tertiary/aromatic N) is 2. The molecule has 1 aromatic heterocycles. The highest BCUT2D eigenvalue weighted by molar-refractivity contribution is 5.73. The van der Waals surface area contributed by atoms with Crippen molar-refractivity contribution in [2.45, 2.75) is 31.7 Å². The molecule has 35 heavy (non-hydrogen) atoms.